The Balaban J connectivity index is 1.69. The lowest BCUT2D eigenvalue weighted by Gasteiger charge is -1.98. The third kappa shape index (κ3) is 2.67. The number of amides is 1. The Labute approximate surface area is 121 Å². The molecule has 1 aromatic heterocycles. The van der Waals surface area contributed by atoms with Crippen molar-refractivity contribution in [2.75, 3.05) is 7.05 Å². The molecule has 1 aliphatic rings. The summed E-state index contributed by atoms with van der Waals surface area (Å²) in [6.07, 6.45) is 1.12. The number of halogens is 1. The maximum Gasteiger partial charge on any atom is 0.230 e. The number of nitrogens with zero attached hydrogens (tertiary/aromatic N) is 2. The van der Waals surface area contributed by atoms with E-state index in [4.69, 9.17) is 16.1 Å². The van der Waals surface area contributed by atoms with E-state index in [0.717, 1.165) is 11.4 Å². The number of aromatic nitrogens is 2. The minimum Gasteiger partial charge on any atom is -0.359 e. The molecule has 0 bridgehead atoms. The summed E-state index contributed by atoms with van der Waals surface area (Å²) in [6, 6.07) is 7.82. The van der Waals surface area contributed by atoms with Gasteiger partial charge in [0.2, 0.25) is 11.8 Å². The second-order valence-electron chi connectivity index (χ2n) is 4.90. The summed E-state index contributed by atoms with van der Waals surface area (Å²) < 4.78 is 5.24. The Hall–Kier alpha value is -1.88. The number of benzene rings is 1. The van der Waals surface area contributed by atoms with Crippen molar-refractivity contribution in [2.24, 2.45) is 0 Å². The van der Waals surface area contributed by atoms with Gasteiger partial charge in [-0.2, -0.15) is 4.98 Å². The first-order valence-corrected chi connectivity index (χ1v) is 6.83. The molecular formula is C14H14ClN3O2. The standard InChI is InChI=1S/C14H14ClN3O2/c1-16-13(19)7-12-17-14(20-18-12)11-6-10(11)8-3-2-4-9(15)5-8/h2-5,10-11H,6-7H2,1H3,(H,16,19)/t10-,11+/m1/s1. The third-order valence-electron chi connectivity index (χ3n) is 3.47. The summed E-state index contributed by atoms with van der Waals surface area (Å²) in [5, 5.41) is 7.11. The SMILES string of the molecule is CNC(=O)Cc1noc([C@H]2C[C@@H]2c2cccc(Cl)c2)n1. The van der Waals surface area contributed by atoms with Gasteiger partial charge in [0.25, 0.3) is 0 Å². The first-order chi connectivity index (χ1) is 9.67. The van der Waals surface area contributed by atoms with Crippen molar-refractivity contribution in [1.29, 1.82) is 0 Å². The maximum atomic E-state index is 11.3. The van der Waals surface area contributed by atoms with Crippen molar-refractivity contribution in [1.82, 2.24) is 15.5 Å². The Bertz CT molecular complexity index is 641. The highest BCUT2D eigenvalue weighted by Crippen LogP contribution is 2.54. The van der Waals surface area contributed by atoms with Gasteiger partial charge in [-0.3, -0.25) is 4.79 Å². The van der Waals surface area contributed by atoms with Crippen LogP contribution in [0.25, 0.3) is 0 Å². The lowest BCUT2D eigenvalue weighted by atomic mass is 10.1. The zero-order valence-corrected chi connectivity index (χ0v) is 11.7. The van der Waals surface area contributed by atoms with Crippen LogP contribution in [0.3, 0.4) is 0 Å². The molecule has 5 nitrogen and oxygen atoms in total. The molecule has 3 rings (SSSR count). The zero-order valence-electron chi connectivity index (χ0n) is 11.0. The minimum absolute atomic E-state index is 0.125. The molecule has 0 spiro atoms. The molecule has 1 heterocycles. The fourth-order valence-corrected chi connectivity index (χ4v) is 2.49. The van der Waals surface area contributed by atoms with E-state index in [0.29, 0.717) is 17.6 Å². The van der Waals surface area contributed by atoms with Crippen LogP contribution in [0.2, 0.25) is 5.02 Å². The molecule has 1 N–H and O–H groups in total. The lowest BCUT2D eigenvalue weighted by molar-refractivity contribution is -0.120. The largest absolute Gasteiger partial charge is 0.359 e. The van der Waals surface area contributed by atoms with Gasteiger partial charge >= 0.3 is 0 Å². The Morgan fingerprint density at radius 1 is 1.50 bits per heavy atom. The Morgan fingerprint density at radius 3 is 3.10 bits per heavy atom. The van der Waals surface area contributed by atoms with Crippen molar-refractivity contribution < 1.29 is 9.32 Å². The van der Waals surface area contributed by atoms with Gasteiger partial charge < -0.3 is 9.84 Å². The molecule has 0 aliphatic heterocycles. The van der Waals surface area contributed by atoms with E-state index < -0.39 is 0 Å². The van der Waals surface area contributed by atoms with Crippen LogP contribution in [0, 0.1) is 0 Å². The van der Waals surface area contributed by atoms with Crippen LogP contribution in [0.15, 0.2) is 28.8 Å². The van der Waals surface area contributed by atoms with Crippen LogP contribution in [0.5, 0.6) is 0 Å². The van der Waals surface area contributed by atoms with Gasteiger partial charge in [0.15, 0.2) is 5.82 Å². The Kier molecular flexibility index (Phi) is 3.44. The van der Waals surface area contributed by atoms with Gasteiger partial charge in [-0.05, 0) is 30.0 Å². The molecule has 6 heteroatoms. The molecule has 1 aromatic carbocycles. The van der Waals surface area contributed by atoms with Gasteiger partial charge in [0, 0.05) is 18.0 Å². The van der Waals surface area contributed by atoms with Gasteiger partial charge in [-0.1, -0.05) is 28.9 Å². The molecular weight excluding hydrogens is 278 g/mol. The molecule has 2 aromatic rings. The van der Waals surface area contributed by atoms with Crippen LogP contribution in [0.1, 0.15) is 35.5 Å². The monoisotopic (exact) mass is 291 g/mol. The number of carbonyl (C=O) groups excluding carboxylic acids is 1. The van der Waals surface area contributed by atoms with Gasteiger partial charge in [-0.25, -0.2) is 0 Å². The smallest absolute Gasteiger partial charge is 0.230 e. The summed E-state index contributed by atoms with van der Waals surface area (Å²) in [5.74, 6) is 1.52. The van der Waals surface area contributed by atoms with Crippen LogP contribution in [-0.2, 0) is 11.2 Å². The summed E-state index contributed by atoms with van der Waals surface area (Å²) in [4.78, 5) is 15.5. The molecule has 1 aliphatic carbocycles. The van der Waals surface area contributed by atoms with Crippen molar-refractivity contribution in [2.45, 2.75) is 24.7 Å². The van der Waals surface area contributed by atoms with E-state index in [9.17, 15) is 4.79 Å². The third-order valence-corrected chi connectivity index (χ3v) is 3.70. The summed E-state index contributed by atoms with van der Waals surface area (Å²) >= 11 is 5.99. The molecule has 1 saturated carbocycles. The summed E-state index contributed by atoms with van der Waals surface area (Å²) in [5.41, 5.74) is 1.19. The first kappa shape index (κ1) is 13.1. The van der Waals surface area contributed by atoms with E-state index in [1.54, 1.807) is 7.05 Å². The predicted octanol–water partition coefficient (Wildman–Crippen LogP) is 2.28. The van der Waals surface area contributed by atoms with Crippen LogP contribution >= 0.6 is 11.6 Å². The van der Waals surface area contributed by atoms with E-state index in [-0.39, 0.29) is 18.2 Å². The second-order valence-corrected chi connectivity index (χ2v) is 5.34. The highest BCUT2D eigenvalue weighted by molar-refractivity contribution is 6.30. The van der Waals surface area contributed by atoms with Crippen LogP contribution < -0.4 is 5.32 Å². The average Bonchev–Trinajstić information content (AvgIpc) is 3.12. The number of nitrogens with one attached hydrogen (secondary N) is 1. The first-order valence-electron chi connectivity index (χ1n) is 6.46. The maximum absolute atomic E-state index is 11.3. The molecule has 0 radical (unpaired) electrons. The lowest BCUT2D eigenvalue weighted by Crippen LogP contribution is -2.20. The van der Waals surface area contributed by atoms with Gasteiger partial charge in [0.05, 0.1) is 6.42 Å². The Morgan fingerprint density at radius 2 is 2.35 bits per heavy atom. The highest BCUT2D eigenvalue weighted by Gasteiger charge is 2.43. The van der Waals surface area contributed by atoms with Gasteiger partial charge in [-0.15, -0.1) is 0 Å². The van der Waals surface area contributed by atoms with E-state index in [2.05, 4.69) is 21.5 Å². The number of hydrogen-bond donors (Lipinski definition) is 1. The molecule has 0 saturated heterocycles. The summed E-state index contributed by atoms with van der Waals surface area (Å²) in [6.45, 7) is 0. The van der Waals surface area contributed by atoms with E-state index in [1.165, 1.54) is 5.56 Å². The fraction of sp³-hybridized carbons (Fsp3) is 0.357. The number of hydrogen-bond acceptors (Lipinski definition) is 4. The number of likely N-dealkylation sites (N-methyl/N-ethyl adjacent to an activating group) is 1. The molecule has 1 amide bonds. The van der Waals surface area contributed by atoms with Crippen molar-refractivity contribution >= 4 is 17.5 Å². The van der Waals surface area contributed by atoms with E-state index in [1.807, 2.05) is 18.2 Å². The topological polar surface area (TPSA) is 68.0 Å². The molecule has 104 valence electrons. The molecule has 0 unspecified atom stereocenters. The number of rotatable bonds is 4. The van der Waals surface area contributed by atoms with Crippen LogP contribution in [-0.4, -0.2) is 23.1 Å². The van der Waals surface area contributed by atoms with Crippen molar-refractivity contribution in [3.05, 3.63) is 46.6 Å². The second kappa shape index (κ2) is 5.25. The summed E-state index contributed by atoms with van der Waals surface area (Å²) in [7, 11) is 1.58. The average molecular weight is 292 g/mol. The minimum atomic E-state index is -0.125. The van der Waals surface area contributed by atoms with Crippen molar-refractivity contribution in [3.63, 3.8) is 0 Å². The van der Waals surface area contributed by atoms with Gasteiger partial charge in [0.1, 0.15) is 0 Å². The molecule has 2 atom stereocenters. The highest BCUT2D eigenvalue weighted by atomic mass is 35.5. The number of carbonyl (C=O) groups is 1. The predicted molar refractivity (Wildman–Crippen MR) is 73.6 cm³/mol. The van der Waals surface area contributed by atoms with E-state index >= 15 is 0 Å². The zero-order chi connectivity index (χ0) is 14.1. The molecule has 1 fully saturated rings. The van der Waals surface area contributed by atoms with Crippen LogP contribution in [0.4, 0.5) is 0 Å². The van der Waals surface area contributed by atoms with Crippen molar-refractivity contribution in [3.8, 4) is 0 Å². The molecule has 20 heavy (non-hydrogen) atoms. The fourth-order valence-electron chi connectivity index (χ4n) is 2.30. The normalized spacial score (nSPS) is 20.7. The quantitative estimate of drug-likeness (QED) is 0.938.